The van der Waals surface area contributed by atoms with E-state index in [1.54, 1.807) is 18.9 Å². The van der Waals surface area contributed by atoms with Crippen LogP contribution in [0, 0.1) is 0 Å². The molecule has 20 heavy (non-hydrogen) atoms. The molecule has 0 aromatic heterocycles. The molecule has 2 aliphatic heterocycles. The number of fused-ring (bicyclic) bond motifs is 1. The second-order valence-electron chi connectivity index (χ2n) is 5.49. The molecule has 2 aliphatic rings. The summed E-state index contributed by atoms with van der Waals surface area (Å²) in [5.41, 5.74) is 2.10. The van der Waals surface area contributed by atoms with Crippen LogP contribution < -0.4 is 15.0 Å². The summed E-state index contributed by atoms with van der Waals surface area (Å²) in [4.78, 5) is 16.0. The zero-order chi connectivity index (χ0) is 14.1. The summed E-state index contributed by atoms with van der Waals surface area (Å²) in [6, 6.07) is 6.14. The van der Waals surface area contributed by atoms with E-state index in [0.29, 0.717) is 0 Å². The van der Waals surface area contributed by atoms with Gasteiger partial charge >= 0.3 is 0 Å². The number of ether oxygens (including phenoxy) is 1. The van der Waals surface area contributed by atoms with Crippen LogP contribution in [0.25, 0.3) is 0 Å². The molecular formula is C15H21N3O2. The minimum absolute atomic E-state index is 0.00681. The Hall–Kier alpha value is -1.59. The average Bonchev–Trinajstić information content (AvgIpc) is 2.46. The number of likely N-dealkylation sites (N-methyl/N-ethyl adjacent to an activating group) is 1. The number of nitrogens with zero attached hydrogens (tertiary/aromatic N) is 2. The van der Waals surface area contributed by atoms with E-state index >= 15 is 0 Å². The molecule has 1 aromatic rings. The number of anilines is 1. The van der Waals surface area contributed by atoms with Gasteiger partial charge in [0.1, 0.15) is 5.75 Å². The molecule has 2 heterocycles. The summed E-state index contributed by atoms with van der Waals surface area (Å²) in [5, 5.41) is 3.36. The SMILES string of the molecule is CC1Oc2cc(CN3CCNCC3)ccc2N(C)C1=O. The quantitative estimate of drug-likeness (QED) is 0.868. The van der Waals surface area contributed by atoms with Crippen LogP contribution in [0.5, 0.6) is 5.75 Å². The molecule has 1 saturated heterocycles. The van der Waals surface area contributed by atoms with Gasteiger partial charge in [-0.15, -0.1) is 0 Å². The first-order chi connectivity index (χ1) is 9.65. The van der Waals surface area contributed by atoms with Crippen molar-refractivity contribution < 1.29 is 9.53 Å². The van der Waals surface area contributed by atoms with E-state index in [9.17, 15) is 4.79 Å². The predicted molar refractivity (Wildman–Crippen MR) is 78.1 cm³/mol. The lowest BCUT2D eigenvalue weighted by atomic mass is 10.1. The molecule has 0 bridgehead atoms. The summed E-state index contributed by atoms with van der Waals surface area (Å²) in [7, 11) is 1.80. The highest BCUT2D eigenvalue weighted by Crippen LogP contribution is 2.34. The third kappa shape index (κ3) is 2.51. The number of benzene rings is 1. The van der Waals surface area contributed by atoms with Gasteiger partial charge in [0, 0.05) is 39.8 Å². The molecule has 108 valence electrons. The van der Waals surface area contributed by atoms with Crippen molar-refractivity contribution in [2.24, 2.45) is 0 Å². The lowest BCUT2D eigenvalue weighted by Gasteiger charge is -2.31. The van der Waals surface area contributed by atoms with E-state index in [0.717, 1.165) is 44.2 Å². The number of amides is 1. The summed E-state index contributed by atoms with van der Waals surface area (Å²) < 4.78 is 5.72. The molecule has 0 spiro atoms. The fraction of sp³-hybridized carbons (Fsp3) is 0.533. The fourth-order valence-electron chi connectivity index (χ4n) is 2.79. The Kier molecular flexibility index (Phi) is 3.63. The predicted octanol–water partition coefficient (Wildman–Crippen LogP) is 0.835. The minimum Gasteiger partial charge on any atom is -0.479 e. The zero-order valence-electron chi connectivity index (χ0n) is 12.1. The molecular weight excluding hydrogens is 254 g/mol. The maximum Gasteiger partial charge on any atom is 0.267 e. The Morgan fingerprint density at radius 1 is 1.35 bits per heavy atom. The van der Waals surface area contributed by atoms with Gasteiger partial charge in [-0.1, -0.05) is 6.07 Å². The number of rotatable bonds is 2. The van der Waals surface area contributed by atoms with Gasteiger partial charge in [-0.05, 0) is 24.6 Å². The van der Waals surface area contributed by atoms with Crippen LogP contribution in [0.15, 0.2) is 18.2 Å². The normalized spacial score (nSPS) is 23.4. The highest BCUT2D eigenvalue weighted by Gasteiger charge is 2.28. The van der Waals surface area contributed by atoms with Crippen molar-refractivity contribution in [2.75, 3.05) is 38.1 Å². The van der Waals surface area contributed by atoms with Crippen molar-refractivity contribution >= 4 is 11.6 Å². The Bertz CT molecular complexity index is 512. The minimum atomic E-state index is -0.401. The van der Waals surface area contributed by atoms with Crippen LogP contribution in [0.3, 0.4) is 0 Å². The number of piperazine rings is 1. The molecule has 0 radical (unpaired) electrons. The molecule has 1 amide bonds. The van der Waals surface area contributed by atoms with Crippen molar-refractivity contribution in [1.82, 2.24) is 10.2 Å². The van der Waals surface area contributed by atoms with Crippen molar-refractivity contribution in [3.63, 3.8) is 0 Å². The van der Waals surface area contributed by atoms with Crippen LogP contribution in [-0.2, 0) is 11.3 Å². The van der Waals surface area contributed by atoms with E-state index in [2.05, 4.69) is 22.3 Å². The molecule has 1 aromatic carbocycles. The first-order valence-electron chi connectivity index (χ1n) is 7.15. The number of nitrogens with one attached hydrogen (secondary N) is 1. The van der Waals surface area contributed by atoms with E-state index in [4.69, 9.17) is 4.74 Å². The first-order valence-corrected chi connectivity index (χ1v) is 7.15. The highest BCUT2D eigenvalue weighted by molar-refractivity contribution is 5.99. The number of hydrogen-bond donors (Lipinski definition) is 1. The molecule has 1 unspecified atom stereocenters. The largest absolute Gasteiger partial charge is 0.479 e. The van der Waals surface area contributed by atoms with Crippen molar-refractivity contribution in [1.29, 1.82) is 0 Å². The third-order valence-corrected chi connectivity index (χ3v) is 3.98. The van der Waals surface area contributed by atoms with Gasteiger partial charge in [-0.3, -0.25) is 9.69 Å². The van der Waals surface area contributed by atoms with Gasteiger partial charge in [0.25, 0.3) is 5.91 Å². The highest BCUT2D eigenvalue weighted by atomic mass is 16.5. The second kappa shape index (κ2) is 5.42. The van der Waals surface area contributed by atoms with E-state index in [-0.39, 0.29) is 5.91 Å². The monoisotopic (exact) mass is 275 g/mol. The second-order valence-corrected chi connectivity index (χ2v) is 5.49. The number of carbonyl (C=O) groups excluding carboxylic acids is 1. The van der Waals surface area contributed by atoms with Crippen LogP contribution in [-0.4, -0.2) is 50.1 Å². The smallest absolute Gasteiger partial charge is 0.267 e. The van der Waals surface area contributed by atoms with E-state index < -0.39 is 6.10 Å². The van der Waals surface area contributed by atoms with Gasteiger partial charge in [-0.25, -0.2) is 0 Å². The summed E-state index contributed by atoms with van der Waals surface area (Å²) >= 11 is 0. The van der Waals surface area contributed by atoms with Gasteiger partial charge in [-0.2, -0.15) is 0 Å². The molecule has 5 nitrogen and oxygen atoms in total. The lowest BCUT2D eigenvalue weighted by molar-refractivity contribution is -0.125. The molecule has 1 fully saturated rings. The van der Waals surface area contributed by atoms with Gasteiger partial charge < -0.3 is 15.0 Å². The van der Waals surface area contributed by atoms with Crippen LogP contribution in [0.2, 0.25) is 0 Å². The van der Waals surface area contributed by atoms with Crippen LogP contribution in [0.1, 0.15) is 12.5 Å². The van der Waals surface area contributed by atoms with Crippen molar-refractivity contribution in [2.45, 2.75) is 19.6 Å². The number of hydrogen-bond acceptors (Lipinski definition) is 4. The fourth-order valence-corrected chi connectivity index (χ4v) is 2.79. The third-order valence-electron chi connectivity index (χ3n) is 3.98. The van der Waals surface area contributed by atoms with Crippen molar-refractivity contribution in [3.05, 3.63) is 23.8 Å². The van der Waals surface area contributed by atoms with Gasteiger partial charge in [0.15, 0.2) is 6.10 Å². The van der Waals surface area contributed by atoms with Gasteiger partial charge in [0.05, 0.1) is 5.69 Å². The average molecular weight is 275 g/mol. The molecule has 3 rings (SSSR count). The van der Waals surface area contributed by atoms with E-state index in [1.807, 2.05) is 6.07 Å². The Morgan fingerprint density at radius 2 is 2.10 bits per heavy atom. The Labute approximate surface area is 119 Å². The lowest BCUT2D eigenvalue weighted by Crippen LogP contribution is -2.43. The standard InChI is InChI=1S/C15H21N3O2/c1-11-15(19)17(2)13-4-3-12(9-14(13)20-11)10-18-7-5-16-6-8-18/h3-4,9,11,16H,5-8,10H2,1-2H3. The molecule has 0 saturated carbocycles. The maximum absolute atomic E-state index is 11.9. The van der Waals surface area contributed by atoms with Crippen molar-refractivity contribution in [3.8, 4) is 5.75 Å². The Balaban J connectivity index is 1.78. The van der Waals surface area contributed by atoms with Crippen LogP contribution in [0.4, 0.5) is 5.69 Å². The summed E-state index contributed by atoms with van der Waals surface area (Å²) in [5.74, 6) is 0.819. The number of carbonyl (C=O) groups is 1. The summed E-state index contributed by atoms with van der Waals surface area (Å²) in [6.07, 6.45) is -0.401. The van der Waals surface area contributed by atoms with Crippen LogP contribution >= 0.6 is 0 Å². The molecule has 5 heteroatoms. The maximum atomic E-state index is 11.9. The topological polar surface area (TPSA) is 44.8 Å². The Morgan fingerprint density at radius 3 is 2.85 bits per heavy atom. The first kappa shape index (κ1) is 13.4. The van der Waals surface area contributed by atoms with Gasteiger partial charge in [0.2, 0.25) is 0 Å². The molecule has 1 N–H and O–H groups in total. The molecule has 1 atom stereocenters. The zero-order valence-corrected chi connectivity index (χ0v) is 12.1. The molecule has 0 aliphatic carbocycles. The summed E-state index contributed by atoms with van der Waals surface area (Å²) in [6.45, 7) is 6.99. The van der Waals surface area contributed by atoms with E-state index in [1.165, 1.54) is 5.56 Å².